The highest BCUT2D eigenvalue weighted by molar-refractivity contribution is 5.89. The van der Waals surface area contributed by atoms with Gasteiger partial charge in [0.2, 0.25) is 5.95 Å². The van der Waals surface area contributed by atoms with Crippen LogP contribution in [0.25, 0.3) is 33.6 Å². The number of likely N-dealkylation sites (tertiary alicyclic amines) is 1. The molecule has 6 rings (SSSR count). The maximum Gasteiger partial charge on any atom is 0.321 e. The van der Waals surface area contributed by atoms with Crippen molar-refractivity contribution in [3.8, 4) is 33.6 Å². The van der Waals surface area contributed by atoms with E-state index in [1.165, 1.54) is 9.80 Å². The van der Waals surface area contributed by atoms with Crippen LogP contribution in [0.4, 0.5) is 15.5 Å². The summed E-state index contributed by atoms with van der Waals surface area (Å²) in [4.78, 5) is 58.3. The minimum absolute atomic E-state index is 0.167. The summed E-state index contributed by atoms with van der Waals surface area (Å²) < 4.78 is 0. The van der Waals surface area contributed by atoms with E-state index >= 15 is 0 Å². The zero-order valence-electron chi connectivity index (χ0n) is 27.0. The lowest BCUT2D eigenvalue weighted by Gasteiger charge is -2.34. The van der Waals surface area contributed by atoms with Gasteiger partial charge in [-0.1, -0.05) is 78.9 Å². The zero-order chi connectivity index (χ0) is 33.8. The number of anilines is 1. The van der Waals surface area contributed by atoms with Gasteiger partial charge >= 0.3 is 12.1 Å². The number of benzene rings is 3. The molecule has 5 aromatic rings. The molecule has 2 atom stereocenters. The Labute approximate surface area is 278 Å². The lowest BCUT2D eigenvalue weighted by Crippen LogP contribution is -2.47. The number of imidazole rings is 2. The number of likely N-dealkylation sites (N-methyl/N-ethyl adjacent to an activating group) is 1. The van der Waals surface area contributed by atoms with Gasteiger partial charge in [0, 0.05) is 19.6 Å². The van der Waals surface area contributed by atoms with Crippen LogP contribution < -0.4 is 16.4 Å². The molecule has 12 heteroatoms. The van der Waals surface area contributed by atoms with Gasteiger partial charge in [0.25, 0.3) is 5.91 Å². The van der Waals surface area contributed by atoms with Crippen LogP contribution in [-0.2, 0) is 4.79 Å². The van der Waals surface area contributed by atoms with Gasteiger partial charge in [0.15, 0.2) is 0 Å². The monoisotopic (exact) mass is 645 g/mol. The van der Waals surface area contributed by atoms with Crippen LogP contribution in [0, 0.1) is 0 Å². The third-order valence-electron chi connectivity index (χ3n) is 8.86. The van der Waals surface area contributed by atoms with E-state index in [-0.39, 0.29) is 11.9 Å². The van der Waals surface area contributed by atoms with Crippen molar-refractivity contribution < 1.29 is 14.4 Å². The first kappa shape index (κ1) is 32.0. The number of rotatable bonds is 10. The molecule has 12 nitrogen and oxygen atoms in total. The number of hydrogen-bond donors (Lipinski definition) is 4. The van der Waals surface area contributed by atoms with Crippen LogP contribution in [0.5, 0.6) is 0 Å². The van der Waals surface area contributed by atoms with E-state index in [1.807, 2.05) is 85.5 Å². The van der Waals surface area contributed by atoms with Gasteiger partial charge in [-0.3, -0.25) is 9.69 Å². The van der Waals surface area contributed by atoms with Crippen molar-refractivity contribution in [1.29, 1.82) is 0 Å². The average Bonchev–Trinajstić information content (AvgIpc) is 3.89. The summed E-state index contributed by atoms with van der Waals surface area (Å²) in [7, 11) is 0. The molecule has 2 aromatic heterocycles. The average molecular weight is 646 g/mol. The number of urea groups is 2. The Morgan fingerprint density at radius 3 is 1.94 bits per heavy atom. The summed E-state index contributed by atoms with van der Waals surface area (Å²) in [5, 5.41) is 0. The molecule has 1 fully saturated rings. The zero-order valence-corrected chi connectivity index (χ0v) is 27.0. The largest absolute Gasteiger partial charge is 0.351 e. The summed E-state index contributed by atoms with van der Waals surface area (Å²) in [6.45, 7) is 4.95. The number of carbonyl (C=O) groups excluding carboxylic acids is 3. The van der Waals surface area contributed by atoms with E-state index in [9.17, 15) is 14.4 Å². The molecule has 0 radical (unpaired) electrons. The molecule has 1 aliphatic heterocycles. The summed E-state index contributed by atoms with van der Waals surface area (Å²) in [5.41, 5.74) is 17.5. The molecule has 0 saturated carbocycles. The second-order valence-corrected chi connectivity index (χ2v) is 11.7. The minimum atomic E-state index is -0.810. The van der Waals surface area contributed by atoms with Crippen LogP contribution in [0.2, 0.25) is 0 Å². The number of primary amides is 2. The third kappa shape index (κ3) is 6.37. The van der Waals surface area contributed by atoms with Crippen molar-refractivity contribution in [3.63, 3.8) is 0 Å². The fourth-order valence-electron chi connectivity index (χ4n) is 6.37. The molecule has 1 saturated heterocycles. The Morgan fingerprint density at radius 1 is 0.792 bits per heavy atom. The van der Waals surface area contributed by atoms with Crippen molar-refractivity contribution >= 4 is 23.9 Å². The van der Waals surface area contributed by atoms with Gasteiger partial charge < -0.3 is 31.2 Å². The summed E-state index contributed by atoms with van der Waals surface area (Å²) in [5.74, 6) is 0.958. The molecule has 6 N–H and O–H groups in total. The summed E-state index contributed by atoms with van der Waals surface area (Å²) in [6, 6.07) is 23.3. The van der Waals surface area contributed by atoms with Crippen molar-refractivity contribution in [2.45, 2.75) is 38.8 Å². The first-order valence-electron chi connectivity index (χ1n) is 16.1. The highest BCUT2D eigenvalue weighted by Crippen LogP contribution is 2.36. The number of hydrogen-bond acceptors (Lipinski definition) is 5. The minimum Gasteiger partial charge on any atom is -0.351 e. The molecular formula is C36H39N9O3. The predicted molar refractivity (Wildman–Crippen MR) is 184 cm³/mol. The number of aromatic amines is 2. The van der Waals surface area contributed by atoms with Crippen LogP contribution in [-0.4, -0.2) is 67.3 Å². The Morgan fingerprint density at radius 2 is 1.38 bits per heavy atom. The number of H-pyrrole nitrogens is 2. The molecule has 3 aromatic carbocycles. The smallest absolute Gasteiger partial charge is 0.321 e. The van der Waals surface area contributed by atoms with Crippen LogP contribution >= 0.6 is 0 Å². The Bertz CT molecular complexity index is 1880. The second-order valence-electron chi connectivity index (χ2n) is 11.7. The van der Waals surface area contributed by atoms with E-state index in [4.69, 9.17) is 16.5 Å². The molecule has 1 unspecified atom stereocenters. The topological polar surface area (TPSA) is 170 Å². The van der Waals surface area contributed by atoms with Gasteiger partial charge in [-0.15, -0.1) is 0 Å². The molecule has 3 heterocycles. The van der Waals surface area contributed by atoms with Gasteiger partial charge in [-0.05, 0) is 54.5 Å². The maximum absolute atomic E-state index is 14.1. The summed E-state index contributed by atoms with van der Waals surface area (Å²) >= 11 is 0. The molecule has 246 valence electrons. The fourth-order valence-corrected chi connectivity index (χ4v) is 6.37. The van der Waals surface area contributed by atoms with E-state index < -0.39 is 18.1 Å². The first-order chi connectivity index (χ1) is 23.3. The molecule has 1 aliphatic rings. The van der Waals surface area contributed by atoms with E-state index in [0.29, 0.717) is 31.4 Å². The standard InChI is InChI=1S/C36H39N9O3/c1-3-43(34(37)47)31(27-9-6-5-7-10-27)33(46)45-20-8-11-30(45)32-39-21-28(41-32)25-16-12-23(13-17-25)24-14-18-26(19-15-24)29-22-40-36(42-29)44(4-2)35(38)48/h5-7,9-10,12-19,21-22,30-31H,3-4,8,11,20H2,1-2H3,(H2,37,47)(H2,38,48)(H,39,41)(H,40,42)/t30?,31-/m1/s1. The van der Waals surface area contributed by atoms with Crippen LogP contribution in [0.3, 0.4) is 0 Å². The van der Waals surface area contributed by atoms with Gasteiger partial charge in [-0.2, -0.15) is 0 Å². The number of nitrogens with zero attached hydrogens (tertiary/aromatic N) is 5. The van der Waals surface area contributed by atoms with Crippen molar-refractivity contribution in [2.75, 3.05) is 24.5 Å². The Hall–Kier alpha value is -5.91. The number of nitrogens with one attached hydrogen (secondary N) is 2. The van der Waals surface area contributed by atoms with E-state index in [1.54, 1.807) is 12.4 Å². The number of aromatic nitrogens is 4. The van der Waals surface area contributed by atoms with Gasteiger partial charge in [0.1, 0.15) is 11.9 Å². The van der Waals surface area contributed by atoms with Crippen molar-refractivity contribution in [1.82, 2.24) is 29.7 Å². The molecule has 0 spiro atoms. The highest BCUT2D eigenvalue weighted by atomic mass is 16.2. The molecule has 48 heavy (non-hydrogen) atoms. The maximum atomic E-state index is 14.1. The highest BCUT2D eigenvalue weighted by Gasteiger charge is 2.39. The number of nitrogens with two attached hydrogens (primary N) is 2. The van der Waals surface area contributed by atoms with Crippen LogP contribution in [0.1, 0.15) is 50.2 Å². The number of carbonyl (C=O) groups is 3. The fraction of sp³-hybridized carbons (Fsp3) is 0.250. The number of amides is 5. The Kier molecular flexibility index (Phi) is 9.24. The first-order valence-corrected chi connectivity index (χ1v) is 16.1. The summed E-state index contributed by atoms with van der Waals surface area (Å²) in [6.07, 6.45) is 5.08. The second kappa shape index (κ2) is 13.8. The predicted octanol–water partition coefficient (Wildman–Crippen LogP) is 5.84. The molecule has 0 bridgehead atoms. The van der Waals surface area contributed by atoms with Gasteiger partial charge in [0.05, 0.1) is 29.8 Å². The lowest BCUT2D eigenvalue weighted by molar-refractivity contribution is -0.137. The Balaban J connectivity index is 1.17. The normalized spacial score (nSPS) is 14.9. The molecule has 0 aliphatic carbocycles. The van der Waals surface area contributed by atoms with Gasteiger partial charge in [-0.25, -0.2) is 19.6 Å². The van der Waals surface area contributed by atoms with E-state index in [2.05, 4.69) is 27.1 Å². The molecule has 5 amide bonds. The quantitative estimate of drug-likeness (QED) is 0.149. The SMILES string of the molecule is CCN(C(N)=O)c1ncc(-c2ccc(-c3ccc(-c4cnc(C5CCCN5C(=O)[C@@H](c5ccccc5)N(CC)C(N)=O)[nH]4)cc3)cc2)[nH]1. The third-order valence-corrected chi connectivity index (χ3v) is 8.86. The van der Waals surface area contributed by atoms with Crippen LogP contribution in [0.15, 0.2) is 91.3 Å². The van der Waals surface area contributed by atoms with E-state index in [0.717, 1.165) is 52.0 Å². The van der Waals surface area contributed by atoms with Crippen molar-refractivity contribution in [3.05, 3.63) is 103 Å². The lowest BCUT2D eigenvalue weighted by atomic mass is 10.0. The van der Waals surface area contributed by atoms with Crippen molar-refractivity contribution in [2.24, 2.45) is 11.5 Å². The molecular weight excluding hydrogens is 606 g/mol.